The Morgan fingerprint density at radius 2 is 1.75 bits per heavy atom. The standard InChI is InChI=1S/C19H17NO3S/c1-23-16-9-7-15(8-10-16)20-24(21,22)18-12-6-14-4-2-3-13-5-11-17(18)19(13)14/h2-4,6-10,12,20H,5,11H2,1H3. The van der Waals surface area contributed by atoms with Crippen molar-refractivity contribution in [2.75, 3.05) is 11.8 Å². The van der Waals surface area contributed by atoms with Gasteiger partial charge in [-0.3, -0.25) is 4.72 Å². The zero-order valence-electron chi connectivity index (χ0n) is 13.2. The molecule has 3 aromatic carbocycles. The Labute approximate surface area is 141 Å². The Kier molecular flexibility index (Phi) is 3.46. The van der Waals surface area contributed by atoms with Crippen LogP contribution in [0.1, 0.15) is 11.1 Å². The van der Waals surface area contributed by atoms with E-state index in [-0.39, 0.29) is 0 Å². The first-order valence-electron chi connectivity index (χ1n) is 7.79. The summed E-state index contributed by atoms with van der Waals surface area (Å²) in [7, 11) is -2.05. The Bertz CT molecular complexity index is 1020. The predicted molar refractivity (Wildman–Crippen MR) is 95.2 cm³/mol. The maximum Gasteiger partial charge on any atom is 0.262 e. The van der Waals surface area contributed by atoms with E-state index in [1.807, 2.05) is 18.2 Å². The van der Waals surface area contributed by atoms with Crippen LogP contribution in [-0.4, -0.2) is 15.5 Å². The summed E-state index contributed by atoms with van der Waals surface area (Å²) in [5, 5.41) is 2.19. The first kappa shape index (κ1) is 15.0. The molecule has 0 aromatic heterocycles. The van der Waals surface area contributed by atoms with Gasteiger partial charge in [0.2, 0.25) is 0 Å². The van der Waals surface area contributed by atoms with E-state index in [0.717, 1.165) is 29.2 Å². The van der Waals surface area contributed by atoms with Crippen molar-refractivity contribution in [1.29, 1.82) is 0 Å². The number of sulfonamides is 1. The van der Waals surface area contributed by atoms with Gasteiger partial charge in [0.25, 0.3) is 10.0 Å². The van der Waals surface area contributed by atoms with E-state index in [9.17, 15) is 8.42 Å². The summed E-state index contributed by atoms with van der Waals surface area (Å²) in [5.74, 6) is 0.687. The number of hydrogen-bond donors (Lipinski definition) is 1. The van der Waals surface area contributed by atoms with Crippen molar-refractivity contribution < 1.29 is 13.2 Å². The zero-order valence-corrected chi connectivity index (χ0v) is 14.1. The van der Waals surface area contributed by atoms with Gasteiger partial charge in [-0.15, -0.1) is 0 Å². The second-order valence-corrected chi connectivity index (χ2v) is 7.54. The second-order valence-electron chi connectivity index (χ2n) is 5.89. The second kappa shape index (κ2) is 5.53. The fourth-order valence-corrected chi connectivity index (χ4v) is 4.69. The number of aryl methyl sites for hydroxylation is 2. The van der Waals surface area contributed by atoms with Crippen LogP contribution in [0.5, 0.6) is 5.75 Å². The summed E-state index contributed by atoms with van der Waals surface area (Å²) in [6.07, 6.45) is 1.65. The van der Waals surface area contributed by atoms with Gasteiger partial charge in [0, 0.05) is 5.69 Å². The molecule has 1 aliphatic carbocycles. The Morgan fingerprint density at radius 3 is 2.50 bits per heavy atom. The maximum absolute atomic E-state index is 12.9. The van der Waals surface area contributed by atoms with Gasteiger partial charge in [-0.25, -0.2) is 8.42 Å². The molecular formula is C19H17NO3S. The van der Waals surface area contributed by atoms with E-state index >= 15 is 0 Å². The summed E-state index contributed by atoms with van der Waals surface area (Å²) >= 11 is 0. The van der Waals surface area contributed by atoms with Gasteiger partial charge in [0.1, 0.15) is 5.75 Å². The van der Waals surface area contributed by atoms with Crippen LogP contribution in [0.3, 0.4) is 0 Å². The molecule has 4 rings (SSSR count). The maximum atomic E-state index is 12.9. The van der Waals surface area contributed by atoms with Crippen LogP contribution >= 0.6 is 0 Å². The van der Waals surface area contributed by atoms with Crippen molar-refractivity contribution in [2.45, 2.75) is 17.7 Å². The normalized spacial score (nSPS) is 13.2. The molecule has 1 N–H and O–H groups in total. The summed E-state index contributed by atoms with van der Waals surface area (Å²) in [6, 6.07) is 16.6. The quantitative estimate of drug-likeness (QED) is 0.788. The van der Waals surface area contributed by atoms with Crippen LogP contribution in [0, 0.1) is 0 Å². The first-order chi connectivity index (χ1) is 11.6. The molecule has 0 aliphatic heterocycles. The molecular weight excluding hydrogens is 322 g/mol. The molecule has 3 aromatic rings. The van der Waals surface area contributed by atoms with E-state index < -0.39 is 10.0 Å². The van der Waals surface area contributed by atoms with Gasteiger partial charge in [-0.2, -0.15) is 0 Å². The Hall–Kier alpha value is -2.53. The highest BCUT2D eigenvalue weighted by Crippen LogP contribution is 2.35. The fraction of sp³-hybridized carbons (Fsp3) is 0.158. The number of benzene rings is 3. The number of hydrogen-bond acceptors (Lipinski definition) is 3. The number of anilines is 1. The van der Waals surface area contributed by atoms with Crippen LogP contribution in [0.2, 0.25) is 0 Å². The lowest BCUT2D eigenvalue weighted by molar-refractivity contribution is 0.415. The highest BCUT2D eigenvalue weighted by Gasteiger charge is 2.24. The van der Waals surface area contributed by atoms with Gasteiger partial charge in [-0.1, -0.05) is 24.3 Å². The summed E-state index contributed by atoms with van der Waals surface area (Å²) in [4.78, 5) is 0.371. The molecule has 0 amide bonds. The molecule has 24 heavy (non-hydrogen) atoms. The highest BCUT2D eigenvalue weighted by atomic mass is 32.2. The molecule has 0 spiro atoms. The van der Waals surface area contributed by atoms with Crippen LogP contribution in [0.25, 0.3) is 10.8 Å². The lowest BCUT2D eigenvalue weighted by atomic mass is 10.1. The number of nitrogens with one attached hydrogen (secondary N) is 1. The third-order valence-corrected chi connectivity index (χ3v) is 5.94. The van der Waals surface area contributed by atoms with Crippen LogP contribution in [0.15, 0.2) is 59.5 Å². The van der Waals surface area contributed by atoms with Crippen molar-refractivity contribution in [3.8, 4) is 5.75 Å². The minimum absolute atomic E-state index is 0.371. The monoisotopic (exact) mass is 339 g/mol. The first-order valence-corrected chi connectivity index (χ1v) is 9.27. The summed E-state index contributed by atoms with van der Waals surface area (Å²) in [6.45, 7) is 0. The van der Waals surface area contributed by atoms with Crippen molar-refractivity contribution in [2.24, 2.45) is 0 Å². The van der Waals surface area contributed by atoms with E-state index in [4.69, 9.17) is 4.74 Å². The Morgan fingerprint density at radius 1 is 0.958 bits per heavy atom. The summed E-state index contributed by atoms with van der Waals surface area (Å²) in [5.41, 5.74) is 2.67. The van der Waals surface area contributed by atoms with Gasteiger partial charge in [-0.05, 0) is 65.1 Å². The predicted octanol–water partition coefficient (Wildman–Crippen LogP) is 3.75. The molecule has 0 atom stereocenters. The molecule has 122 valence electrons. The molecule has 1 aliphatic rings. The van der Waals surface area contributed by atoms with Crippen molar-refractivity contribution >= 4 is 26.5 Å². The number of methoxy groups -OCH3 is 1. The molecule has 0 saturated heterocycles. The average molecular weight is 339 g/mol. The molecule has 0 unspecified atom stereocenters. The van der Waals surface area contributed by atoms with Crippen LogP contribution < -0.4 is 9.46 Å². The SMILES string of the molecule is COc1ccc(NS(=O)(=O)c2ccc3cccc4c3c2CC4)cc1. The largest absolute Gasteiger partial charge is 0.497 e. The van der Waals surface area contributed by atoms with Gasteiger partial charge < -0.3 is 4.74 Å². The molecule has 0 heterocycles. The molecule has 0 radical (unpaired) electrons. The number of ether oxygens (including phenoxy) is 1. The lowest BCUT2D eigenvalue weighted by Gasteiger charge is -2.12. The zero-order chi connectivity index (χ0) is 16.7. The Balaban J connectivity index is 1.76. The molecule has 5 heteroatoms. The van der Waals surface area contributed by atoms with Crippen molar-refractivity contribution in [3.63, 3.8) is 0 Å². The van der Waals surface area contributed by atoms with Crippen molar-refractivity contribution in [3.05, 3.63) is 65.7 Å². The molecule has 0 fully saturated rings. The molecule has 4 nitrogen and oxygen atoms in total. The topological polar surface area (TPSA) is 55.4 Å². The van der Waals surface area contributed by atoms with Crippen LogP contribution in [0.4, 0.5) is 5.69 Å². The van der Waals surface area contributed by atoms with E-state index in [1.165, 1.54) is 5.56 Å². The number of rotatable bonds is 4. The van der Waals surface area contributed by atoms with Crippen molar-refractivity contribution in [1.82, 2.24) is 0 Å². The lowest BCUT2D eigenvalue weighted by Crippen LogP contribution is -2.14. The third-order valence-electron chi connectivity index (χ3n) is 4.47. The molecule has 0 bridgehead atoms. The smallest absolute Gasteiger partial charge is 0.262 e. The highest BCUT2D eigenvalue weighted by molar-refractivity contribution is 7.92. The van der Waals surface area contributed by atoms with E-state index in [0.29, 0.717) is 16.3 Å². The van der Waals surface area contributed by atoms with E-state index in [2.05, 4.69) is 10.8 Å². The summed E-state index contributed by atoms with van der Waals surface area (Å²) < 4.78 is 33.5. The van der Waals surface area contributed by atoms with E-state index in [1.54, 1.807) is 37.4 Å². The average Bonchev–Trinajstić information content (AvgIpc) is 3.01. The minimum atomic E-state index is -3.62. The minimum Gasteiger partial charge on any atom is -0.497 e. The van der Waals surface area contributed by atoms with Gasteiger partial charge >= 0.3 is 0 Å². The third kappa shape index (κ3) is 2.41. The van der Waals surface area contributed by atoms with Crippen LogP contribution in [-0.2, 0) is 22.9 Å². The molecule has 0 saturated carbocycles. The fourth-order valence-electron chi connectivity index (χ4n) is 3.35. The van der Waals surface area contributed by atoms with Gasteiger partial charge in [0.05, 0.1) is 12.0 Å². The van der Waals surface area contributed by atoms with Gasteiger partial charge in [0.15, 0.2) is 0 Å².